The van der Waals surface area contributed by atoms with Crippen molar-refractivity contribution >= 4 is 50.7 Å². The second kappa shape index (κ2) is 7.71. The van der Waals surface area contributed by atoms with E-state index in [1.54, 1.807) is 0 Å². The zero-order valence-electron chi connectivity index (χ0n) is 13.7. The molecule has 1 N–H and O–H groups in total. The minimum Gasteiger partial charge on any atom is -0.452 e. The van der Waals surface area contributed by atoms with Crippen LogP contribution in [0.1, 0.15) is 39.5 Å². The molecule has 1 unspecified atom stereocenters. The van der Waals surface area contributed by atoms with E-state index in [-0.39, 0.29) is 26.2 Å². The maximum absolute atomic E-state index is 12.4. The van der Waals surface area contributed by atoms with Gasteiger partial charge in [-0.3, -0.25) is 0 Å². The molecule has 0 saturated heterocycles. The van der Waals surface area contributed by atoms with E-state index in [1.807, 2.05) is 6.92 Å². The van der Waals surface area contributed by atoms with Gasteiger partial charge in [0, 0.05) is 0 Å². The maximum atomic E-state index is 12.4. The average molecular weight is 394 g/mol. The van der Waals surface area contributed by atoms with Gasteiger partial charge in [0.1, 0.15) is 0 Å². The van der Waals surface area contributed by atoms with Crippen LogP contribution in [0.5, 0.6) is 0 Å². The molecule has 2 heterocycles. The number of guanidine groups is 1. The van der Waals surface area contributed by atoms with Gasteiger partial charge in [-0.05, 0) is 18.9 Å². The number of nitrogens with one attached hydrogen (secondary N) is 1. The normalized spacial score (nSPS) is 18.8. The number of rotatable bonds is 5. The molecule has 1 aromatic heterocycles. The first-order chi connectivity index (χ1) is 11.3. The summed E-state index contributed by atoms with van der Waals surface area (Å²) in [5, 5.41) is 0. The number of methoxy groups -OCH3 is 1. The van der Waals surface area contributed by atoms with Gasteiger partial charge in [-0.1, -0.05) is 38.3 Å². The number of fused-ring (bicyclic) bond motifs is 1. The van der Waals surface area contributed by atoms with Gasteiger partial charge in [0.05, 0.1) is 23.2 Å². The lowest BCUT2D eigenvalue weighted by Crippen LogP contribution is -2.51. The van der Waals surface area contributed by atoms with Gasteiger partial charge < -0.3 is 4.74 Å². The first-order valence-corrected chi connectivity index (χ1v) is 10.3. The molecular weight excluding hydrogens is 374 g/mol. The monoisotopic (exact) mass is 393 g/mol. The van der Waals surface area contributed by atoms with Crippen LogP contribution in [0.25, 0.3) is 0 Å². The molecule has 0 aliphatic carbocycles. The van der Waals surface area contributed by atoms with Crippen LogP contribution < -0.4 is 9.62 Å². The Morgan fingerprint density at radius 1 is 1.50 bits per heavy atom. The summed E-state index contributed by atoms with van der Waals surface area (Å²) in [6.45, 7) is 4.04. The number of aliphatic imine (C=N–C) groups is 1. The van der Waals surface area contributed by atoms with E-state index in [9.17, 15) is 13.2 Å². The predicted molar refractivity (Wildman–Crippen MR) is 95.6 cm³/mol. The zero-order chi connectivity index (χ0) is 17.9. The molecule has 134 valence electrons. The van der Waals surface area contributed by atoms with Crippen molar-refractivity contribution in [2.75, 3.05) is 12.0 Å². The number of ether oxygens (including phenoxy) is 1. The highest BCUT2D eigenvalue weighted by Crippen LogP contribution is 2.40. The van der Waals surface area contributed by atoms with Crippen LogP contribution in [0.3, 0.4) is 0 Å². The zero-order valence-corrected chi connectivity index (χ0v) is 16.1. The number of thiophene rings is 1. The molecule has 1 amide bonds. The van der Waals surface area contributed by atoms with Gasteiger partial charge in [-0.15, -0.1) is 11.3 Å². The van der Waals surface area contributed by atoms with Crippen LogP contribution in [0, 0.1) is 0 Å². The second-order valence-corrected chi connectivity index (χ2v) is 8.85. The van der Waals surface area contributed by atoms with E-state index in [2.05, 4.69) is 16.6 Å². The van der Waals surface area contributed by atoms with Gasteiger partial charge in [0.15, 0.2) is 4.21 Å². The first kappa shape index (κ1) is 19.0. The summed E-state index contributed by atoms with van der Waals surface area (Å²) in [7, 11) is -2.59. The van der Waals surface area contributed by atoms with Crippen LogP contribution in [-0.4, -0.2) is 33.6 Å². The summed E-state index contributed by atoms with van der Waals surface area (Å²) in [5.41, 5.74) is 0.166. The van der Waals surface area contributed by atoms with Crippen LogP contribution in [-0.2, 0) is 14.8 Å². The van der Waals surface area contributed by atoms with Crippen LogP contribution >= 0.6 is 22.9 Å². The van der Waals surface area contributed by atoms with Crippen LogP contribution in [0.15, 0.2) is 15.3 Å². The summed E-state index contributed by atoms with van der Waals surface area (Å²) in [5.74, 6) is -0.0493. The molecule has 0 radical (unpaired) electrons. The molecule has 7 nitrogen and oxygen atoms in total. The fraction of sp³-hybridized carbons (Fsp3) is 0.571. The minimum absolute atomic E-state index is 0.0292. The van der Waals surface area contributed by atoms with Gasteiger partial charge in [0.25, 0.3) is 10.0 Å². The lowest BCUT2D eigenvalue weighted by atomic mass is 10.1. The summed E-state index contributed by atoms with van der Waals surface area (Å²) < 4.78 is 32.2. The Bertz CT molecular complexity index is 745. The number of unbranched alkanes of at least 4 members (excludes halogenated alkanes) is 1. The Balaban J connectivity index is 2.52. The Hall–Kier alpha value is -1.32. The van der Waals surface area contributed by atoms with E-state index >= 15 is 0 Å². The third kappa shape index (κ3) is 3.84. The molecular formula is C14H20ClN3O4S2. The van der Waals surface area contributed by atoms with E-state index in [0.717, 1.165) is 41.9 Å². The quantitative estimate of drug-likeness (QED) is 0.827. The maximum Gasteiger partial charge on any atom is 0.421 e. The minimum atomic E-state index is -3.82. The number of carbonyl (C=O) groups excluding carboxylic acids is 1. The molecule has 10 heteroatoms. The Labute approximate surface area is 150 Å². The molecule has 0 saturated carbocycles. The highest BCUT2D eigenvalue weighted by Gasteiger charge is 2.39. The molecule has 1 atom stereocenters. The Kier molecular flexibility index (Phi) is 6.11. The summed E-state index contributed by atoms with van der Waals surface area (Å²) in [4.78, 5) is 17.8. The molecule has 2 rings (SSSR count). The van der Waals surface area contributed by atoms with E-state index < -0.39 is 16.1 Å². The summed E-state index contributed by atoms with van der Waals surface area (Å²) in [6, 6.07) is 1.34. The highest BCUT2D eigenvalue weighted by atomic mass is 35.5. The molecule has 0 fully saturated rings. The largest absolute Gasteiger partial charge is 0.452 e. The summed E-state index contributed by atoms with van der Waals surface area (Å²) >= 11 is 6.83. The molecule has 24 heavy (non-hydrogen) atoms. The van der Waals surface area contributed by atoms with Gasteiger partial charge >= 0.3 is 6.09 Å². The number of carbonyl (C=O) groups is 1. The van der Waals surface area contributed by atoms with Crippen LogP contribution in [0.2, 0.25) is 4.34 Å². The number of sulfonamides is 1. The van der Waals surface area contributed by atoms with Gasteiger partial charge in [-0.2, -0.15) is 0 Å². The van der Waals surface area contributed by atoms with E-state index in [4.69, 9.17) is 16.3 Å². The highest BCUT2D eigenvalue weighted by molar-refractivity contribution is 7.92. The van der Waals surface area contributed by atoms with Crippen molar-refractivity contribution < 1.29 is 17.9 Å². The Morgan fingerprint density at radius 2 is 2.21 bits per heavy atom. The van der Waals surface area contributed by atoms with Gasteiger partial charge in [-0.25, -0.2) is 27.8 Å². The fourth-order valence-corrected chi connectivity index (χ4v) is 5.15. The van der Waals surface area contributed by atoms with Crippen molar-refractivity contribution in [2.24, 2.45) is 4.99 Å². The summed E-state index contributed by atoms with van der Waals surface area (Å²) in [6.07, 6.45) is 2.80. The van der Waals surface area contributed by atoms with Crippen molar-refractivity contribution in [2.45, 2.75) is 49.8 Å². The number of nitrogens with zero attached hydrogens (tertiary/aromatic N) is 2. The third-order valence-electron chi connectivity index (χ3n) is 3.60. The number of hydrogen-bond donors (Lipinski definition) is 1. The van der Waals surface area contributed by atoms with E-state index in [1.165, 1.54) is 13.2 Å². The topological polar surface area (TPSA) is 88.1 Å². The predicted octanol–water partition coefficient (Wildman–Crippen LogP) is 3.59. The molecule has 0 aromatic carbocycles. The third-order valence-corrected chi connectivity index (χ3v) is 6.70. The molecule has 0 spiro atoms. The lowest BCUT2D eigenvalue weighted by molar-refractivity contribution is 0.182. The fourth-order valence-electron chi connectivity index (χ4n) is 2.34. The molecule has 1 aromatic rings. The second-order valence-electron chi connectivity index (χ2n) is 5.29. The number of halogens is 1. The van der Waals surface area contributed by atoms with Crippen molar-refractivity contribution in [1.29, 1.82) is 0 Å². The van der Waals surface area contributed by atoms with Crippen molar-refractivity contribution in [3.8, 4) is 0 Å². The van der Waals surface area contributed by atoms with Crippen molar-refractivity contribution in [1.82, 2.24) is 4.72 Å². The number of anilines is 1. The molecule has 1 aliphatic rings. The smallest absolute Gasteiger partial charge is 0.421 e. The van der Waals surface area contributed by atoms with Crippen LogP contribution in [0.4, 0.5) is 10.5 Å². The lowest BCUT2D eigenvalue weighted by Gasteiger charge is -2.28. The van der Waals surface area contributed by atoms with Gasteiger partial charge in [0.2, 0.25) is 5.96 Å². The van der Waals surface area contributed by atoms with Crippen molar-refractivity contribution in [3.63, 3.8) is 0 Å². The molecule has 1 aliphatic heterocycles. The van der Waals surface area contributed by atoms with E-state index in [0.29, 0.717) is 0 Å². The Morgan fingerprint density at radius 3 is 2.79 bits per heavy atom. The molecule has 0 bridgehead atoms. The number of amides is 1. The first-order valence-electron chi connectivity index (χ1n) is 7.62. The number of hydrogen-bond acceptors (Lipinski definition) is 6. The average Bonchev–Trinajstić information content (AvgIpc) is 2.93. The van der Waals surface area contributed by atoms with Crippen molar-refractivity contribution in [3.05, 3.63) is 10.4 Å². The standard InChI is InChI=1S/C14H20ClN3O4S2/c1-4-6-7-9(5-2)16-13-17-24(20,21)12-10(8-11(15)23-12)18(13)14(19)22-3/h8-9H,4-7H2,1-3H3,(H,16,17). The SMILES string of the molecule is CCCCC(CC)N=C1NS(=O)(=O)c2sc(Cl)cc2N1C(=O)OC.